The molecule has 14 heteroatoms. The van der Waals surface area contributed by atoms with Gasteiger partial charge in [0.1, 0.15) is 23.7 Å². The van der Waals surface area contributed by atoms with Crippen molar-refractivity contribution in [3.8, 4) is 22.4 Å². The van der Waals surface area contributed by atoms with Crippen molar-refractivity contribution in [3.05, 3.63) is 72.4 Å². The SMILES string of the molecule is COC(=O)N[C@H](C(=O)N1CCC[C@H]1c1nc2ccc(-c3ccc4cc(-c5cnc([C@@H]6CCCN6C(=O)[C@H](C(C)C)N(C)C(=O)O)[nH]5)ccc4c3)cc2[nH]1)C(C)C. The molecule has 3 aromatic carbocycles. The van der Waals surface area contributed by atoms with Gasteiger partial charge in [0.25, 0.3) is 0 Å². The van der Waals surface area contributed by atoms with Gasteiger partial charge >= 0.3 is 12.2 Å². The van der Waals surface area contributed by atoms with E-state index < -0.39 is 24.3 Å². The fourth-order valence-corrected chi connectivity index (χ4v) is 8.31. The van der Waals surface area contributed by atoms with Crippen LogP contribution in [0.4, 0.5) is 9.59 Å². The van der Waals surface area contributed by atoms with Gasteiger partial charge < -0.3 is 34.9 Å². The summed E-state index contributed by atoms with van der Waals surface area (Å²) in [6.07, 6.45) is 3.23. The number of amides is 4. The largest absolute Gasteiger partial charge is 0.465 e. The van der Waals surface area contributed by atoms with Crippen LogP contribution in [0.2, 0.25) is 0 Å². The highest BCUT2D eigenvalue weighted by Gasteiger charge is 2.40. The summed E-state index contributed by atoms with van der Waals surface area (Å²) in [6.45, 7) is 8.67. The number of imidazole rings is 2. The number of hydrogen-bond donors (Lipinski definition) is 4. The molecule has 0 unspecified atom stereocenters. The number of carboxylic acid groups (broad SMARTS) is 1. The predicted molar refractivity (Wildman–Crippen MR) is 213 cm³/mol. The lowest BCUT2D eigenvalue weighted by molar-refractivity contribution is -0.138. The van der Waals surface area contributed by atoms with Crippen LogP contribution >= 0.6 is 0 Å². The predicted octanol–water partition coefficient (Wildman–Crippen LogP) is 7.12. The highest BCUT2D eigenvalue weighted by atomic mass is 16.5. The van der Waals surface area contributed by atoms with E-state index in [9.17, 15) is 24.3 Å². The van der Waals surface area contributed by atoms with Crippen molar-refractivity contribution in [2.45, 2.75) is 77.5 Å². The minimum atomic E-state index is -1.12. The Morgan fingerprint density at radius 2 is 1.43 bits per heavy atom. The van der Waals surface area contributed by atoms with E-state index in [1.54, 1.807) is 11.1 Å². The highest BCUT2D eigenvalue weighted by molar-refractivity contribution is 5.92. The van der Waals surface area contributed by atoms with E-state index in [-0.39, 0.29) is 35.7 Å². The maximum Gasteiger partial charge on any atom is 0.407 e. The van der Waals surface area contributed by atoms with Crippen LogP contribution in [0.25, 0.3) is 44.2 Å². The van der Waals surface area contributed by atoms with Gasteiger partial charge in [-0.05, 0) is 83.7 Å². The Labute approximate surface area is 325 Å². The Balaban J connectivity index is 1.08. The molecular weight excluding hydrogens is 713 g/mol. The molecule has 0 radical (unpaired) electrons. The number of nitrogens with one attached hydrogen (secondary N) is 3. The van der Waals surface area contributed by atoms with E-state index in [4.69, 9.17) is 14.7 Å². The molecule has 0 spiro atoms. The van der Waals surface area contributed by atoms with E-state index in [0.717, 1.165) is 80.6 Å². The maximum atomic E-state index is 13.6. The van der Waals surface area contributed by atoms with Crippen molar-refractivity contribution in [2.75, 3.05) is 27.2 Å². The van der Waals surface area contributed by atoms with Crippen molar-refractivity contribution in [1.29, 1.82) is 0 Å². The van der Waals surface area contributed by atoms with Crippen molar-refractivity contribution in [3.63, 3.8) is 0 Å². The van der Waals surface area contributed by atoms with Crippen LogP contribution in [0, 0.1) is 11.8 Å². The zero-order chi connectivity index (χ0) is 39.8. The quantitative estimate of drug-likeness (QED) is 0.116. The third kappa shape index (κ3) is 7.39. The van der Waals surface area contributed by atoms with Crippen LogP contribution in [0.3, 0.4) is 0 Å². The number of methoxy groups -OCH3 is 1. The van der Waals surface area contributed by atoms with Crippen LogP contribution < -0.4 is 5.32 Å². The van der Waals surface area contributed by atoms with E-state index in [1.807, 2.05) is 38.7 Å². The summed E-state index contributed by atoms with van der Waals surface area (Å²) < 4.78 is 4.77. The first-order chi connectivity index (χ1) is 26.8. The Hall–Kier alpha value is -5.92. The Morgan fingerprint density at radius 3 is 2.07 bits per heavy atom. The first kappa shape index (κ1) is 38.4. The smallest absolute Gasteiger partial charge is 0.407 e. The number of carbonyl (C=O) groups is 4. The normalized spacial score (nSPS) is 18.2. The maximum absolute atomic E-state index is 13.6. The molecular formula is C42H50N8O6. The molecule has 4 heterocycles. The Kier molecular flexibility index (Phi) is 10.7. The van der Waals surface area contributed by atoms with Crippen molar-refractivity contribution in [1.82, 2.24) is 40.0 Å². The zero-order valence-corrected chi connectivity index (χ0v) is 32.7. The van der Waals surface area contributed by atoms with Gasteiger partial charge in [0, 0.05) is 25.7 Å². The van der Waals surface area contributed by atoms with Crippen LogP contribution in [0.1, 0.15) is 77.1 Å². The molecule has 4 atom stereocenters. The molecule has 2 saturated heterocycles. The molecule has 0 saturated carbocycles. The van der Waals surface area contributed by atoms with Crippen LogP contribution in [-0.2, 0) is 14.3 Å². The van der Waals surface area contributed by atoms with Gasteiger partial charge in [0.2, 0.25) is 11.8 Å². The second-order valence-electron chi connectivity index (χ2n) is 15.6. The number of aromatic amines is 2. The monoisotopic (exact) mass is 762 g/mol. The summed E-state index contributed by atoms with van der Waals surface area (Å²) in [5, 5.41) is 14.5. The number of hydrogen-bond acceptors (Lipinski definition) is 7. The minimum absolute atomic E-state index is 0.112. The van der Waals surface area contributed by atoms with Crippen molar-refractivity contribution in [2.24, 2.45) is 11.8 Å². The molecule has 294 valence electrons. The average Bonchev–Trinajstić information content (AvgIpc) is 4.01. The van der Waals surface area contributed by atoms with Crippen LogP contribution in [0.15, 0.2) is 60.8 Å². The van der Waals surface area contributed by atoms with Crippen molar-refractivity contribution < 1.29 is 29.0 Å². The fourth-order valence-electron chi connectivity index (χ4n) is 8.31. The molecule has 0 aliphatic carbocycles. The topological polar surface area (TPSA) is 177 Å². The van der Waals surface area contributed by atoms with E-state index in [1.165, 1.54) is 14.2 Å². The number of likely N-dealkylation sites (tertiary alicyclic amines) is 2. The molecule has 2 aliphatic rings. The lowest BCUT2D eigenvalue weighted by atomic mass is 9.99. The summed E-state index contributed by atoms with van der Waals surface area (Å²) >= 11 is 0. The molecule has 7 rings (SSSR count). The number of H-pyrrole nitrogens is 2. The molecule has 2 fully saturated rings. The number of nitrogens with zero attached hydrogens (tertiary/aromatic N) is 5. The Bertz CT molecular complexity index is 2280. The molecule has 14 nitrogen and oxygen atoms in total. The van der Waals surface area contributed by atoms with E-state index in [0.29, 0.717) is 18.9 Å². The molecule has 2 aliphatic heterocycles. The first-order valence-corrected chi connectivity index (χ1v) is 19.3. The Morgan fingerprint density at radius 1 is 0.821 bits per heavy atom. The molecule has 5 aromatic rings. The van der Waals surface area contributed by atoms with Crippen LogP contribution in [-0.4, -0.2) is 103 Å². The average molecular weight is 763 g/mol. The second-order valence-corrected chi connectivity index (χ2v) is 15.6. The fraction of sp³-hybridized carbons (Fsp3) is 0.429. The first-order valence-electron chi connectivity index (χ1n) is 19.3. The molecule has 4 amide bonds. The number of ether oxygens (including phenoxy) is 1. The van der Waals surface area contributed by atoms with E-state index >= 15 is 0 Å². The zero-order valence-electron chi connectivity index (χ0n) is 32.7. The standard InChI is InChI=1S/C42H50N8O6/c1-23(2)35(47-41(53)56-6)39(51)49-17-8-10-34(49)38-44-30-16-15-28(21-31(30)45-38)26-11-12-27-20-29(14-13-25(27)19-26)32-22-43-37(46-32)33-9-7-18-50(33)40(52)36(24(3)4)48(5)42(54)55/h11-16,19-24,33-36H,7-10,17-18H2,1-6H3,(H,43,46)(H,44,45)(H,47,53)(H,54,55)/t33-,34-,35-,36-/m0/s1. The number of fused-ring (bicyclic) bond motifs is 2. The molecule has 0 bridgehead atoms. The van der Waals surface area contributed by atoms with E-state index in [2.05, 4.69) is 63.8 Å². The summed E-state index contributed by atoms with van der Waals surface area (Å²) in [7, 11) is 2.74. The van der Waals surface area contributed by atoms with Gasteiger partial charge in [-0.1, -0.05) is 58.0 Å². The van der Waals surface area contributed by atoms with Gasteiger partial charge in [0.15, 0.2) is 0 Å². The third-order valence-corrected chi connectivity index (χ3v) is 11.3. The van der Waals surface area contributed by atoms with Gasteiger partial charge in [-0.25, -0.2) is 19.6 Å². The number of aromatic nitrogens is 4. The highest BCUT2D eigenvalue weighted by Crippen LogP contribution is 2.36. The molecule has 4 N–H and O–H groups in total. The number of benzene rings is 3. The molecule has 2 aromatic heterocycles. The number of alkyl carbamates (subject to hydrolysis) is 1. The molecule has 56 heavy (non-hydrogen) atoms. The summed E-state index contributed by atoms with van der Waals surface area (Å²) in [5.74, 6) is 0.801. The number of likely N-dealkylation sites (N-methyl/N-ethyl adjacent to an activating group) is 1. The van der Waals surface area contributed by atoms with Gasteiger partial charge in [-0.15, -0.1) is 0 Å². The number of carbonyl (C=O) groups excluding carboxylic acids is 3. The summed E-state index contributed by atoms with van der Waals surface area (Å²) in [5.41, 5.74) is 5.60. The van der Waals surface area contributed by atoms with Gasteiger partial charge in [0.05, 0.1) is 42.1 Å². The lowest BCUT2D eigenvalue weighted by Gasteiger charge is -2.33. The summed E-state index contributed by atoms with van der Waals surface area (Å²) in [4.78, 5) is 72.2. The summed E-state index contributed by atoms with van der Waals surface area (Å²) in [6, 6.07) is 16.8. The second kappa shape index (κ2) is 15.7. The third-order valence-electron chi connectivity index (χ3n) is 11.3. The minimum Gasteiger partial charge on any atom is -0.465 e. The lowest BCUT2D eigenvalue weighted by Crippen LogP contribution is -2.51. The van der Waals surface area contributed by atoms with Gasteiger partial charge in [-0.2, -0.15) is 0 Å². The van der Waals surface area contributed by atoms with Crippen LogP contribution in [0.5, 0.6) is 0 Å². The van der Waals surface area contributed by atoms with Crippen molar-refractivity contribution >= 4 is 45.8 Å². The van der Waals surface area contributed by atoms with Gasteiger partial charge in [-0.3, -0.25) is 14.5 Å². The number of rotatable bonds is 10.